The molecule has 0 spiro atoms. The SMILES string of the molecule is Cn1nccc1CNC(=O)N1CCNC(=O)C1CC(=O)O. The second kappa shape index (κ2) is 6.25. The van der Waals surface area contributed by atoms with Crippen molar-refractivity contribution in [2.75, 3.05) is 13.1 Å². The van der Waals surface area contributed by atoms with Crippen LogP contribution in [0.4, 0.5) is 4.79 Å². The van der Waals surface area contributed by atoms with Gasteiger partial charge in [0, 0.05) is 26.3 Å². The molecule has 0 saturated carbocycles. The van der Waals surface area contributed by atoms with Crippen LogP contribution in [0.5, 0.6) is 0 Å². The largest absolute Gasteiger partial charge is 0.481 e. The zero-order valence-electron chi connectivity index (χ0n) is 11.6. The van der Waals surface area contributed by atoms with E-state index in [0.29, 0.717) is 6.54 Å². The fourth-order valence-corrected chi connectivity index (χ4v) is 2.17. The molecule has 1 aliphatic rings. The number of piperazine rings is 1. The molecule has 1 saturated heterocycles. The summed E-state index contributed by atoms with van der Waals surface area (Å²) in [6.45, 7) is 0.849. The molecular formula is C12H17N5O4. The highest BCUT2D eigenvalue weighted by Gasteiger charge is 2.34. The number of aromatic nitrogens is 2. The molecule has 1 aromatic heterocycles. The fourth-order valence-electron chi connectivity index (χ4n) is 2.17. The summed E-state index contributed by atoms with van der Waals surface area (Å²) in [6.07, 6.45) is 1.20. The first-order valence-electron chi connectivity index (χ1n) is 6.50. The average Bonchev–Trinajstić information content (AvgIpc) is 2.83. The first-order chi connectivity index (χ1) is 9.99. The van der Waals surface area contributed by atoms with Gasteiger partial charge in [0.1, 0.15) is 6.04 Å². The van der Waals surface area contributed by atoms with Crippen molar-refractivity contribution >= 4 is 17.9 Å². The number of aryl methyl sites for hydroxylation is 1. The number of nitrogens with one attached hydrogen (secondary N) is 2. The Hall–Kier alpha value is -2.58. The van der Waals surface area contributed by atoms with Crippen molar-refractivity contribution in [3.8, 4) is 0 Å². The van der Waals surface area contributed by atoms with Crippen molar-refractivity contribution in [2.45, 2.75) is 19.0 Å². The molecule has 1 fully saturated rings. The van der Waals surface area contributed by atoms with Crippen molar-refractivity contribution in [1.29, 1.82) is 0 Å². The van der Waals surface area contributed by atoms with E-state index < -0.39 is 30.4 Å². The zero-order chi connectivity index (χ0) is 15.4. The molecule has 0 bridgehead atoms. The summed E-state index contributed by atoms with van der Waals surface area (Å²) in [5.74, 6) is -1.57. The van der Waals surface area contributed by atoms with E-state index in [0.717, 1.165) is 5.69 Å². The Bertz CT molecular complexity index is 556. The number of carbonyl (C=O) groups is 3. The van der Waals surface area contributed by atoms with Crippen molar-refractivity contribution in [2.24, 2.45) is 7.05 Å². The van der Waals surface area contributed by atoms with Gasteiger partial charge in [-0.25, -0.2) is 4.79 Å². The van der Waals surface area contributed by atoms with Gasteiger partial charge in [-0.1, -0.05) is 0 Å². The van der Waals surface area contributed by atoms with Crippen molar-refractivity contribution in [1.82, 2.24) is 25.3 Å². The summed E-state index contributed by atoms with van der Waals surface area (Å²) >= 11 is 0. The third-order valence-electron chi connectivity index (χ3n) is 3.30. The average molecular weight is 295 g/mol. The van der Waals surface area contributed by atoms with E-state index in [4.69, 9.17) is 5.11 Å². The fraction of sp³-hybridized carbons (Fsp3) is 0.500. The molecule has 2 rings (SSSR count). The van der Waals surface area contributed by atoms with E-state index in [2.05, 4.69) is 15.7 Å². The molecule has 2 heterocycles. The number of carbonyl (C=O) groups excluding carboxylic acids is 2. The Balaban J connectivity index is 2.00. The maximum Gasteiger partial charge on any atom is 0.318 e. The molecule has 3 amide bonds. The Morgan fingerprint density at radius 1 is 1.57 bits per heavy atom. The van der Waals surface area contributed by atoms with E-state index in [9.17, 15) is 14.4 Å². The van der Waals surface area contributed by atoms with Crippen LogP contribution in [0.25, 0.3) is 0 Å². The van der Waals surface area contributed by atoms with Gasteiger partial charge in [-0.15, -0.1) is 0 Å². The first-order valence-corrected chi connectivity index (χ1v) is 6.50. The zero-order valence-corrected chi connectivity index (χ0v) is 11.6. The second-order valence-electron chi connectivity index (χ2n) is 4.70. The summed E-state index contributed by atoms with van der Waals surface area (Å²) in [4.78, 5) is 35.9. The number of amides is 3. The standard InChI is InChI=1S/C12H17N5O4/c1-16-8(2-3-15-16)7-14-12(21)17-5-4-13-11(20)9(17)6-10(18)19/h2-3,9H,4-7H2,1H3,(H,13,20)(H,14,21)(H,18,19). The summed E-state index contributed by atoms with van der Waals surface area (Å²) < 4.78 is 1.62. The van der Waals surface area contributed by atoms with Crippen LogP contribution in [0.15, 0.2) is 12.3 Å². The van der Waals surface area contributed by atoms with Crippen molar-refractivity contribution < 1.29 is 19.5 Å². The molecule has 21 heavy (non-hydrogen) atoms. The molecule has 0 aromatic carbocycles. The monoisotopic (exact) mass is 295 g/mol. The Labute approximate surface area is 120 Å². The number of nitrogens with zero attached hydrogens (tertiary/aromatic N) is 3. The van der Waals surface area contributed by atoms with Crippen LogP contribution in [-0.2, 0) is 23.2 Å². The summed E-state index contributed by atoms with van der Waals surface area (Å²) in [6, 6.07) is 0.317. The molecular weight excluding hydrogens is 278 g/mol. The molecule has 114 valence electrons. The normalized spacial score (nSPS) is 18.2. The van der Waals surface area contributed by atoms with Crippen molar-refractivity contribution in [3.05, 3.63) is 18.0 Å². The van der Waals surface area contributed by atoms with Gasteiger partial charge in [0.2, 0.25) is 5.91 Å². The van der Waals surface area contributed by atoms with Gasteiger partial charge < -0.3 is 20.6 Å². The first kappa shape index (κ1) is 14.8. The highest BCUT2D eigenvalue weighted by atomic mass is 16.4. The maximum atomic E-state index is 12.2. The van der Waals surface area contributed by atoms with Gasteiger partial charge in [-0.05, 0) is 6.07 Å². The van der Waals surface area contributed by atoms with Crippen LogP contribution in [0.2, 0.25) is 0 Å². The van der Waals surface area contributed by atoms with Gasteiger partial charge in [0.25, 0.3) is 0 Å². The minimum absolute atomic E-state index is 0.257. The minimum atomic E-state index is -1.12. The number of rotatable bonds is 4. The molecule has 0 aliphatic carbocycles. The molecule has 1 unspecified atom stereocenters. The topological polar surface area (TPSA) is 117 Å². The Morgan fingerprint density at radius 2 is 2.33 bits per heavy atom. The molecule has 1 aromatic rings. The lowest BCUT2D eigenvalue weighted by molar-refractivity contribution is -0.142. The number of aliphatic carboxylic acids is 1. The van der Waals surface area contributed by atoms with Gasteiger partial charge in [-0.3, -0.25) is 14.3 Å². The molecule has 3 N–H and O–H groups in total. The Morgan fingerprint density at radius 3 is 2.95 bits per heavy atom. The molecule has 1 atom stereocenters. The van der Waals surface area contributed by atoms with Gasteiger partial charge >= 0.3 is 12.0 Å². The van der Waals surface area contributed by atoms with Gasteiger partial charge in [0.15, 0.2) is 0 Å². The summed E-state index contributed by atoms with van der Waals surface area (Å²) in [5.41, 5.74) is 0.805. The molecule has 0 radical (unpaired) electrons. The number of carboxylic acid groups (broad SMARTS) is 1. The summed E-state index contributed by atoms with van der Waals surface area (Å²) in [7, 11) is 1.75. The van der Waals surface area contributed by atoms with Crippen LogP contribution in [0.1, 0.15) is 12.1 Å². The van der Waals surface area contributed by atoms with Crippen LogP contribution >= 0.6 is 0 Å². The highest BCUT2D eigenvalue weighted by Crippen LogP contribution is 2.09. The number of carboxylic acids is 1. The van der Waals surface area contributed by atoms with E-state index >= 15 is 0 Å². The second-order valence-corrected chi connectivity index (χ2v) is 4.70. The summed E-state index contributed by atoms with van der Waals surface area (Å²) in [5, 5.41) is 18.1. The predicted octanol–water partition coefficient (Wildman–Crippen LogP) is -1.10. The third kappa shape index (κ3) is 3.50. The number of hydrogen-bond donors (Lipinski definition) is 3. The van der Waals surface area contributed by atoms with E-state index in [1.165, 1.54) is 4.90 Å². The molecule has 1 aliphatic heterocycles. The quantitative estimate of drug-likeness (QED) is 0.652. The third-order valence-corrected chi connectivity index (χ3v) is 3.30. The number of urea groups is 1. The lowest BCUT2D eigenvalue weighted by Crippen LogP contribution is -2.59. The van der Waals surface area contributed by atoms with Gasteiger partial charge in [0.05, 0.1) is 18.7 Å². The maximum absolute atomic E-state index is 12.2. The van der Waals surface area contributed by atoms with Crippen LogP contribution < -0.4 is 10.6 Å². The smallest absolute Gasteiger partial charge is 0.318 e. The Kier molecular flexibility index (Phi) is 4.41. The molecule has 9 nitrogen and oxygen atoms in total. The molecule has 9 heteroatoms. The van der Waals surface area contributed by atoms with E-state index in [1.807, 2.05) is 0 Å². The number of hydrogen-bond acceptors (Lipinski definition) is 4. The highest BCUT2D eigenvalue weighted by molar-refractivity contribution is 5.91. The minimum Gasteiger partial charge on any atom is -0.481 e. The lowest BCUT2D eigenvalue weighted by Gasteiger charge is -2.34. The van der Waals surface area contributed by atoms with Crippen molar-refractivity contribution in [3.63, 3.8) is 0 Å². The van der Waals surface area contributed by atoms with Gasteiger partial charge in [-0.2, -0.15) is 5.10 Å². The van der Waals surface area contributed by atoms with Crippen LogP contribution in [0.3, 0.4) is 0 Å². The van der Waals surface area contributed by atoms with Crippen LogP contribution in [-0.4, -0.2) is 56.8 Å². The van der Waals surface area contributed by atoms with E-state index in [1.54, 1.807) is 24.0 Å². The van der Waals surface area contributed by atoms with E-state index in [-0.39, 0.29) is 13.1 Å². The lowest BCUT2D eigenvalue weighted by atomic mass is 10.1. The predicted molar refractivity (Wildman–Crippen MR) is 71.2 cm³/mol. The van der Waals surface area contributed by atoms with Crippen LogP contribution in [0, 0.1) is 0 Å².